The van der Waals surface area contributed by atoms with Gasteiger partial charge in [-0.05, 0) is 74.5 Å². The number of carbonyl (C=O) groups is 5. The Kier molecular flexibility index (Phi) is 13.6. The summed E-state index contributed by atoms with van der Waals surface area (Å²) in [6.07, 6.45) is -8.59. The van der Waals surface area contributed by atoms with Gasteiger partial charge in [0.15, 0.2) is 18.0 Å². The first kappa shape index (κ1) is 43.3. The molecule has 5 atom stereocenters. The highest BCUT2D eigenvalue weighted by Crippen LogP contribution is 2.37. The van der Waals surface area contributed by atoms with Gasteiger partial charge < -0.3 is 42.3 Å². The van der Waals surface area contributed by atoms with Crippen LogP contribution in [-0.4, -0.2) is 73.3 Å². The zero-order valence-electron chi connectivity index (χ0n) is 34.1. The Morgan fingerprint density at radius 2 is 1.06 bits per heavy atom. The molecule has 0 bridgehead atoms. The molecule has 0 amide bonds. The monoisotopic (exact) mass is 856 g/mol. The molecule has 1 aromatic heterocycles. The Morgan fingerprint density at radius 3 is 1.56 bits per heavy atom. The van der Waals surface area contributed by atoms with E-state index in [9.17, 15) is 28.8 Å². The highest BCUT2D eigenvalue weighted by atomic mass is 16.7. The maximum Gasteiger partial charge on any atom is 0.383 e. The average Bonchev–Trinajstić information content (AvgIpc) is 3.29. The molecule has 0 radical (unpaired) electrons. The molecule has 1 aliphatic heterocycles. The van der Waals surface area contributed by atoms with Gasteiger partial charge in [-0.15, -0.1) is 0 Å². The first-order valence-electron chi connectivity index (χ1n) is 19.7. The van der Waals surface area contributed by atoms with E-state index in [0.29, 0.717) is 0 Å². The van der Waals surface area contributed by atoms with Crippen LogP contribution in [0.5, 0.6) is 17.2 Å². The second kappa shape index (κ2) is 19.7. The molecule has 1 aliphatic rings. The van der Waals surface area contributed by atoms with E-state index in [2.05, 4.69) is 0 Å². The highest BCUT2D eigenvalue weighted by Gasteiger charge is 2.54. The van der Waals surface area contributed by atoms with Gasteiger partial charge in [-0.1, -0.05) is 72.8 Å². The summed E-state index contributed by atoms with van der Waals surface area (Å²) in [4.78, 5) is 80.1. The van der Waals surface area contributed by atoms with E-state index in [-0.39, 0.29) is 44.7 Å². The SMILES string of the molecule is CC(=O)Oc1c(OC(C)C)c2ccc(O[C@@H]3O[C@H](COC(=O)c4ccccc4)[C@H](OC(=O)c4ccccc4)[C@H](OC(=O)c4ccccc4)[C@H]3OC(=O)c3ccccc3)cc2oc1=O. The third-order valence-electron chi connectivity index (χ3n) is 9.38. The van der Waals surface area contributed by atoms with Gasteiger partial charge in [-0.25, -0.2) is 24.0 Å². The van der Waals surface area contributed by atoms with Gasteiger partial charge in [-0.2, -0.15) is 0 Å². The number of benzene rings is 5. The van der Waals surface area contributed by atoms with Gasteiger partial charge in [0.2, 0.25) is 12.4 Å². The molecule has 15 heteroatoms. The summed E-state index contributed by atoms with van der Waals surface area (Å²) in [5.41, 5.74) is -0.548. The molecule has 2 heterocycles. The van der Waals surface area contributed by atoms with Crippen LogP contribution in [-0.2, 0) is 28.5 Å². The first-order valence-corrected chi connectivity index (χ1v) is 19.7. The fourth-order valence-corrected chi connectivity index (χ4v) is 6.55. The molecule has 63 heavy (non-hydrogen) atoms. The summed E-state index contributed by atoms with van der Waals surface area (Å²) in [5, 5.41) is 0.233. The van der Waals surface area contributed by atoms with E-state index < -0.39 is 84.6 Å². The quantitative estimate of drug-likeness (QED) is 0.0610. The molecule has 7 rings (SSSR count). The predicted molar refractivity (Wildman–Crippen MR) is 223 cm³/mol. The van der Waals surface area contributed by atoms with Crippen molar-refractivity contribution in [3.63, 3.8) is 0 Å². The lowest BCUT2D eigenvalue weighted by Crippen LogP contribution is -2.63. The second-order valence-electron chi connectivity index (χ2n) is 14.3. The number of hydrogen-bond acceptors (Lipinski definition) is 15. The Hall–Kier alpha value is -7.78. The lowest BCUT2D eigenvalue weighted by molar-refractivity contribution is -0.275. The smallest absolute Gasteiger partial charge is 0.383 e. The average molecular weight is 857 g/mol. The van der Waals surface area contributed by atoms with Gasteiger partial charge in [-0.3, -0.25) is 4.79 Å². The van der Waals surface area contributed by atoms with E-state index in [1.54, 1.807) is 86.6 Å². The van der Waals surface area contributed by atoms with Crippen molar-refractivity contribution in [3.05, 3.63) is 172 Å². The molecule has 0 unspecified atom stereocenters. The van der Waals surface area contributed by atoms with Crippen LogP contribution < -0.4 is 19.8 Å². The topological polar surface area (TPSA) is 189 Å². The summed E-state index contributed by atoms with van der Waals surface area (Å²) >= 11 is 0. The molecule has 0 saturated carbocycles. The second-order valence-corrected chi connectivity index (χ2v) is 14.3. The predicted octanol–water partition coefficient (Wildman–Crippen LogP) is 7.14. The zero-order chi connectivity index (χ0) is 44.5. The first-order chi connectivity index (χ1) is 30.4. The number of esters is 5. The van der Waals surface area contributed by atoms with E-state index >= 15 is 0 Å². The van der Waals surface area contributed by atoms with E-state index in [1.165, 1.54) is 66.7 Å². The summed E-state index contributed by atoms with van der Waals surface area (Å²) in [7, 11) is 0. The van der Waals surface area contributed by atoms with Crippen LogP contribution >= 0.6 is 0 Å². The van der Waals surface area contributed by atoms with Gasteiger partial charge in [0, 0.05) is 13.0 Å². The van der Waals surface area contributed by atoms with Gasteiger partial charge in [0.1, 0.15) is 24.0 Å². The van der Waals surface area contributed by atoms with Crippen LogP contribution in [0.25, 0.3) is 11.0 Å². The van der Waals surface area contributed by atoms with Gasteiger partial charge in [0.05, 0.1) is 33.7 Å². The van der Waals surface area contributed by atoms with E-state index in [1.807, 2.05) is 0 Å². The highest BCUT2D eigenvalue weighted by molar-refractivity contribution is 5.92. The lowest BCUT2D eigenvalue weighted by Gasteiger charge is -2.44. The standard InChI is InChI=1S/C48H40O15/c1-28(2)56-38-35-25-24-34(26-36(35)59-47(54)41(38)57-29(3)49)58-48-42(63-46(53)33-22-14-7-15-23-33)40(62-45(52)32-20-12-6-13-21-32)39(61-44(51)31-18-10-5-11-19-31)37(60-48)27-55-43(50)30-16-8-4-9-17-30/h4-26,28,37,39-40,42,48H,27H2,1-3H3/t37-,39+,40+,42-,48-/m1/s1. The van der Waals surface area contributed by atoms with Crippen LogP contribution in [0.4, 0.5) is 0 Å². The van der Waals surface area contributed by atoms with Crippen LogP contribution in [0.1, 0.15) is 62.2 Å². The summed E-state index contributed by atoms with van der Waals surface area (Å²) in [5.74, 6) is -4.72. The molecule has 1 fully saturated rings. The largest absolute Gasteiger partial charge is 0.486 e. The van der Waals surface area contributed by atoms with Gasteiger partial charge >= 0.3 is 35.5 Å². The van der Waals surface area contributed by atoms with Crippen LogP contribution in [0, 0.1) is 0 Å². The van der Waals surface area contributed by atoms with Crippen LogP contribution in [0.3, 0.4) is 0 Å². The molecule has 0 aliphatic carbocycles. The molecule has 5 aromatic carbocycles. The lowest BCUT2D eigenvalue weighted by atomic mass is 9.97. The minimum atomic E-state index is -1.70. The molecular weight excluding hydrogens is 817 g/mol. The minimum Gasteiger partial charge on any atom is -0.486 e. The fourth-order valence-electron chi connectivity index (χ4n) is 6.55. The Labute approximate surface area is 359 Å². The van der Waals surface area contributed by atoms with Crippen molar-refractivity contribution in [1.29, 1.82) is 0 Å². The van der Waals surface area contributed by atoms with E-state index in [4.69, 9.17) is 42.3 Å². The molecule has 6 aromatic rings. The van der Waals surface area contributed by atoms with Crippen LogP contribution in [0.2, 0.25) is 0 Å². The maximum atomic E-state index is 14.0. The van der Waals surface area contributed by atoms with Crippen molar-refractivity contribution >= 4 is 40.8 Å². The third-order valence-corrected chi connectivity index (χ3v) is 9.38. The molecule has 0 N–H and O–H groups in total. The van der Waals surface area contributed by atoms with Crippen molar-refractivity contribution < 1.29 is 66.3 Å². The van der Waals surface area contributed by atoms with Crippen LogP contribution in [0.15, 0.2) is 149 Å². The number of hydrogen-bond donors (Lipinski definition) is 0. The number of rotatable bonds is 14. The Morgan fingerprint density at radius 1 is 0.587 bits per heavy atom. The van der Waals surface area contributed by atoms with Crippen molar-refractivity contribution in [3.8, 4) is 17.2 Å². The fraction of sp³-hybridized carbons (Fsp3) is 0.208. The minimum absolute atomic E-state index is 0.0277. The van der Waals surface area contributed by atoms with E-state index in [0.717, 1.165) is 6.92 Å². The Balaban J connectivity index is 1.33. The van der Waals surface area contributed by atoms with Gasteiger partial charge in [0.25, 0.3) is 5.75 Å². The zero-order valence-corrected chi connectivity index (χ0v) is 34.1. The number of fused-ring (bicyclic) bond motifs is 1. The number of carbonyl (C=O) groups excluding carboxylic acids is 5. The summed E-state index contributed by atoms with van der Waals surface area (Å²) in [6, 6.07) is 36.1. The van der Waals surface area contributed by atoms with Crippen molar-refractivity contribution in [2.24, 2.45) is 0 Å². The molecular formula is C48H40O15. The summed E-state index contributed by atoms with van der Waals surface area (Å²) in [6.45, 7) is 3.97. The van der Waals surface area contributed by atoms with Crippen molar-refractivity contribution in [2.45, 2.75) is 57.6 Å². The molecule has 0 spiro atoms. The Bertz CT molecular complexity index is 2630. The maximum absolute atomic E-state index is 14.0. The third kappa shape index (κ3) is 10.6. The normalized spacial score (nSPS) is 18.1. The molecule has 1 saturated heterocycles. The number of ether oxygens (including phenoxy) is 8. The van der Waals surface area contributed by atoms with Crippen molar-refractivity contribution in [1.82, 2.24) is 0 Å². The molecule has 15 nitrogen and oxygen atoms in total. The summed E-state index contributed by atoms with van der Waals surface area (Å²) < 4.78 is 53.4. The van der Waals surface area contributed by atoms with Crippen molar-refractivity contribution in [2.75, 3.05) is 6.61 Å². The molecule has 322 valence electrons.